The van der Waals surface area contributed by atoms with E-state index in [2.05, 4.69) is 5.32 Å². The molecule has 0 aliphatic rings. The van der Waals surface area contributed by atoms with Crippen molar-refractivity contribution in [1.29, 1.82) is 0 Å². The molecule has 1 aromatic carbocycles. The van der Waals surface area contributed by atoms with Crippen LogP contribution in [0.5, 0.6) is 0 Å². The number of rotatable bonds is 4. The van der Waals surface area contributed by atoms with E-state index >= 15 is 0 Å². The zero-order chi connectivity index (χ0) is 13.1. The van der Waals surface area contributed by atoms with Crippen molar-refractivity contribution in [3.05, 3.63) is 29.3 Å². The molecule has 0 saturated carbocycles. The maximum absolute atomic E-state index is 12.1. The summed E-state index contributed by atoms with van der Waals surface area (Å²) in [6.45, 7) is 5.41. The van der Waals surface area contributed by atoms with Gasteiger partial charge in [0, 0.05) is 10.5 Å². The molecule has 0 fully saturated rings. The van der Waals surface area contributed by atoms with E-state index in [1.807, 2.05) is 31.4 Å². The largest absolute Gasteiger partial charge is 0.394 e. The van der Waals surface area contributed by atoms with Crippen LogP contribution in [0.2, 0.25) is 0 Å². The third-order valence-electron chi connectivity index (χ3n) is 2.54. The molecule has 0 atom stereocenters. The summed E-state index contributed by atoms with van der Waals surface area (Å²) in [6, 6.07) is 5.81. The fraction of sp³-hybridized carbons (Fsp3) is 0.462. The average molecular weight is 253 g/mol. The average Bonchev–Trinajstić information content (AvgIpc) is 2.29. The summed E-state index contributed by atoms with van der Waals surface area (Å²) < 4.78 is 0. The number of benzene rings is 1. The molecule has 3 nitrogen and oxygen atoms in total. The molecule has 0 aliphatic heterocycles. The molecule has 0 unspecified atom stereocenters. The molecule has 0 radical (unpaired) electrons. The summed E-state index contributed by atoms with van der Waals surface area (Å²) in [4.78, 5) is 13.1. The number of thioether (sulfide) groups is 1. The van der Waals surface area contributed by atoms with Gasteiger partial charge in [-0.3, -0.25) is 4.79 Å². The van der Waals surface area contributed by atoms with Gasteiger partial charge in [0.15, 0.2) is 0 Å². The Morgan fingerprint density at radius 3 is 2.65 bits per heavy atom. The molecular formula is C13H19NO2S. The quantitative estimate of drug-likeness (QED) is 0.809. The van der Waals surface area contributed by atoms with Crippen LogP contribution in [0.4, 0.5) is 0 Å². The highest BCUT2D eigenvalue weighted by Gasteiger charge is 2.21. The van der Waals surface area contributed by atoms with E-state index in [4.69, 9.17) is 5.11 Å². The van der Waals surface area contributed by atoms with Crippen molar-refractivity contribution in [3.63, 3.8) is 0 Å². The van der Waals surface area contributed by atoms with Crippen molar-refractivity contribution in [1.82, 2.24) is 5.32 Å². The minimum atomic E-state index is -0.598. The van der Waals surface area contributed by atoms with Crippen LogP contribution in [0.3, 0.4) is 0 Å². The highest BCUT2D eigenvalue weighted by atomic mass is 32.2. The van der Waals surface area contributed by atoms with Gasteiger partial charge in [-0.05, 0) is 44.7 Å². The SMILES string of the molecule is CSc1ccc(C)c(C(=O)NC(C)(C)CO)c1. The lowest BCUT2D eigenvalue weighted by molar-refractivity contribution is 0.0868. The van der Waals surface area contributed by atoms with Gasteiger partial charge in [0.1, 0.15) is 0 Å². The van der Waals surface area contributed by atoms with Gasteiger partial charge in [0.2, 0.25) is 0 Å². The van der Waals surface area contributed by atoms with Crippen LogP contribution in [0, 0.1) is 6.92 Å². The molecule has 17 heavy (non-hydrogen) atoms. The Labute approximate surface area is 107 Å². The van der Waals surface area contributed by atoms with E-state index in [-0.39, 0.29) is 12.5 Å². The fourth-order valence-corrected chi connectivity index (χ4v) is 1.83. The number of carbonyl (C=O) groups excluding carboxylic acids is 1. The summed E-state index contributed by atoms with van der Waals surface area (Å²) in [6.07, 6.45) is 1.98. The van der Waals surface area contributed by atoms with Gasteiger partial charge in [0.25, 0.3) is 5.91 Å². The molecule has 0 bridgehead atoms. The summed E-state index contributed by atoms with van der Waals surface area (Å²) in [7, 11) is 0. The van der Waals surface area contributed by atoms with Gasteiger partial charge in [0.05, 0.1) is 12.1 Å². The summed E-state index contributed by atoms with van der Waals surface area (Å²) >= 11 is 1.60. The maximum Gasteiger partial charge on any atom is 0.252 e. The smallest absolute Gasteiger partial charge is 0.252 e. The Balaban J connectivity index is 2.96. The molecule has 4 heteroatoms. The molecule has 94 valence electrons. The Morgan fingerprint density at radius 1 is 1.47 bits per heavy atom. The molecule has 0 spiro atoms. The molecule has 0 aromatic heterocycles. The van der Waals surface area contributed by atoms with Crippen molar-refractivity contribution in [3.8, 4) is 0 Å². The monoisotopic (exact) mass is 253 g/mol. The number of hydrogen-bond donors (Lipinski definition) is 2. The lowest BCUT2D eigenvalue weighted by Crippen LogP contribution is -2.46. The van der Waals surface area contributed by atoms with Crippen LogP contribution in [0.25, 0.3) is 0 Å². The first kappa shape index (κ1) is 14.1. The van der Waals surface area contributed by atoms with Crippen LogP contribution in [-0.4, -0.2) is 29.4 Å². The normalized spacial score (nSPS) is 11.4. The van der Waals surface area contributed by atoms with E-state index in [0.717, 1.165) is 10.5 Å². The van der Waals surface area contributed by atoms with Crippen molar-refractivity contribution in [2.75, 3.05) is 12.9 Å². The van der Waals surface area contributed by atoms with Gasteiger partial charge in [-0.25, -0.2) is 0 Å². The Bertz CT molecular complexity index is 416. The lowest BCUT2D eigenvalue weighted by atomic mass is 10.0. The van der Waals surface area contributed by atoms with Crippen molar-refractivity contribution in [2.45, 2.75) is 31.2 Å². The van der Waals surface area contributed by atoms with Crippen molar-refractivity contribution >= 4 is 17.7 Å². The zero-order valence-electron chi connectivity index (χ0n) is 10.7. The first-order chi connectivity index (χ1) is 7.89. The van der Waals surface area contributed by atoms with Crippen LogP contribution in [0.15, 0.2) is 23.1 Å². The van der Waals surface area contributed by atoms with Crippen molar-refractivity contribution < 1.29 is 9.90 Å². The first-order valence-corrected chi connectivity index (χ1v) is 6.70. The van der Waals surface area contributed by atoms with Crippen LogP contribution in [-0.2, 0) is 0 Å². The molecular weight excluding hydrogens is 234 g/mol. The Hall–Kier alpha value is -1.00. The fourth-order valence-electron chi connectivity index (χ4n) is 1.39. The van der Waals surface area contributed by atoms with E-state index in [0.29, 0.717) is 5.56 Å². The number of hydrogen-bond acceptors (Lipinski definition) is 3. The molecule has 0 saturated heterocycles. The molecule has 2 N–H and O–H groups in total. The van der Waals surface area contributed by atoms with Gasteiger partial charge < -0.3 is 10.4 Å². The summed E-state index contributed by atoms with van der Waals surface area (Å²) in [5, 5.41) is 12.0. The number of carbonyl (C=O) groups is 1. The van der Waals surface area contributed by atoms with Crippen LogP contribution in [0.1, 0.15) is 29.8 Å². The molecule has 0 heterocycles. The summed E-state index contributed by atoms with van der Waals surface area (Å²) in [5.41, 5.74) is 1.01. The predicted octanol–water partition coefficient (Wildman–Crippen LogP) is 2.22. The number of aliphatic hydroxyl groups excluding tert-OH is 1. The minimum Gasteiger partial charge on any atom is -0.394 e. The number of aryl methyl sites for hydroxylation is 1. The van der Waals surface area contributed by atoms with Crippen LogP contribution < -0.4 is 5.32 Å². The summed E-state index contributed by atoms with van der Waals surface area (Å²) in [5.74, 6) is -0.141. The standard InChI is InChI=1S/C13H19NO2S/c1-9-5-6-10(17-4)7-11(9)12(16)14-13(2,3)8-15/h5-7,15H,8H2,1-4H3,(H,14,16). The third kappa shape index (κ3) is 3.75. The van der Waals surface area contributed by atoms with E-state index in [9.17, 15) is 4.79 Å². The highest BCUT2D eigenvalue weighted by molar-refractivity contribution is 7.98. The first-order valence-electron chi connectivity index (χ1n) is 5.47. The van der Waals surface area contributed by atoms with Gasteiger partial charge in [-0.15, -0.1) is 11.8 Å². The van der Waals surface area contributed by atoms with Gasteiger partial charge in [-0.2, -0.15) is 0 Å². The third-order valence-corrected chi connectivity index (χ3v) is 3.26. The van der Waals surface area contributed by atoms with E-state index in [1.165, 1.54) is 0 Å². The minimum absolute atomic E-state index is 0.0833. The van der Waals surface area contributed by atoms with Gasteiger partial charge >= 0.3 is 0 Å². The predicted molar refractivity (Wildman–Crippen MR) is 71.6 cm³/mol. The van der Waals surface area contributed by atoms with E-state index < -0.39 is 5.54 Å². The number of aliphatic hydroxyl groups is 1. The lowest BCUT2D eigenvalue weighted by Gasteiger charge is -2.24. The maximum atomic E-state index is 12.1. The zero-order valence-corrected chi connectivity index (χ0v) is 11.5. The van der Waals surface area contributed by atoms with Crippen molar-refractivity contribution in [2.24, 2.45) is 0 Å². The second-order valence-corrected chi connectivity index (χ2v) is 5.56. The molecule has 1 amide bonds. The topological polar surface area (TPSA) is 49.3 Å². The number of nitrogens with one attached hydrogen (secondary N) is 1. The Kier molecular flexibility index (Phi) is 4.60. The second-order valence-electron chi connectivity index (χ2n) is 4.68. The van der Waals surface area contributed by atoms with Gasteiger partial charge in [-0.1, -0.05) is 6.07 Å². The van der Waals surface area contributed by atoms with E-state index in [1.54, 1.807) is 25.6 Å². The molecule has 1 rings (SSSR count). The second kappa shape index (κ2) is 5.56. The molecule has 0 aliphatic carbocycles. The van der Waals surface area contributed by atoms with Crippen LogP contribution >= 0.6 is 11.8 Å². The number of amides is 1. The molecule has 1 aromatic rings. The Morgan fingerprint density at radius 2 is 2.12 bits per heavy atom. The highest BCUT2D eigenvalue weighted by Crippen LogP contribution is 2.19.